The summed E-state index contributed by atoms with van der Waals surface area (Å²) in [6.07, 6.45) is 5.38. The topological polar surface area (TPSA) is 79.5 Å². The van der Waals surface area contributed by atoms with Crippen molar-refractivity contribution in [2.24, 2.45) is 5.92 Å². The number of benzene rings is 1. The van der Waals surface area contributed by atoms with Crippen molar-refractivity contribution in [1.82, 2.24) is 10.6 Å². The molecule has 6 heteroatoms. The first-order valence-electron chi connectivity index (χ1n) is 9.11. The van der Waals surface area contributed by atoms with Crippen LogP contribution in [0.25, 0.3) is 0 Å². The van der Waals surface area contributed by atoms with Gasteiger partial charge in [-0.15, -0.1) is 0 Å². The zero-order chi connectivity index (χ0) is 17.6. The molecule has 2 amide bonds. The normalized spacial score (nSPS) is 24.6. The van der Waals surface area contributed by atoms with E-state index in [0.717, 1.165) is 12.8 Å². The predicted octanol–water partition coefficient (Wildman–Crippen LogP) is 2.06. The quantitative estimate of drug-likeness (QED) is 0.661. The summed E-state index contributed by atoms with van der Waals surface area (Å²) in [5, 5.41) is 9.26. The molecule has 2 aliphatic rings. The third-order valence-electron chi connectivity index (χ3n) is 4.89. The van der Waals surface area contributed by atoms with E-state index in [-0.39, 0.29) is 11.8 Å². The van der Waals surface area contributed by atoms with E-state index in [9.17, 15) is 9.59 Å². The van der Waals surface area contributed by atoms with Crippen LogP contribution in [0, 0.1) is 5.92 Å². The van der Waals surface area contributed by atoms with Gasteiger partial charge in [-0.25, -0.2) is 0 Å². The van der Waals surface area contributed by atoms with Crippen LogP contribution in [0.1, 0.15) is 39.0 Å². The lowest BCUT2D eigenvalue weighted by atomic mass is 9.89. The lowest BCUT2D eigenvalue weighted by molar-refractivity contribution is -0.122. The highest BCUT2D eigenvalue weighted by molar-refractivity contribution is 5.88. The highest BCUT2D eigenvalue weighted by Crippen LogP contribution is 2.32. The van der Waals surface area contributed by atoms with Gasteiger partial charge in [0.1, 0.15) is 12.4 Å². The molecule has 0 aromatic heterocycles. The molecule has 136 valence electrons. The van der Waals surface area contributed by atoms with E-state index in [0.29, 0.717) is 49.0 Å². The molecule has 2 unspecified atom stereocenters. The van der Waals surface area contributed by atoms with E-state index < -0.39 is 0 Å². The van der Waals surface area contributed by atoms with Crippen LogP contribution in [0.3, 0.4) is 0 Å². The van der Waals surface area contributed by atoms with Crippen LogP contribution in [0.15, 0.2) is 24.3 Å². The Morgan fingerprint density at radius 3 is 2.72 bits per heavy atom. The summed E-state index contributed by atoms with van der Waals surface area (Å²) in [7, 11) is 0. The van der Waals surface area contributed by atoms with Crippen molar-refractivity contribution in [1.29, 1.82) is 0 Å². The number of carbonyl (C=O) groups is 2. The van der Waals surface area contributed by atoms with Crippen molar-refractivity contribution in [3.63, 3.8) is 0 Å². The molecule has 3 rings (SSSR count). The smallest absolute Gasteiger partial charge is 0.221 e. The number of anilines is 1. The van der Waals surface area contributed by atoms with Crippen LogP contribution < -0.4 is 20.7 Å². The Labute approximate surface area is 148 Å². The van der Waals surface area contributed by atoms with Crippen molar-refractivity contribution in [3.05, 3.63) is 24.3 Å². The van der Waals surface area contributed by atoms with Crippen molar-refractivity contribution in [3.8, 4) is 5.75 Å². The Morgan fingerprint density at radius 2 is 2.00 bits per heavy atom. The fourth-order valence-corrected chi connectivity index (χ4v) is 3.90. The van der Waals surface area contributed by atoms with Gasteiger partial charge in [0.25, 0.3) is 0 Å². The van der Waals surface area contributed by atoms with Crippen molar-refractivity contribution in [2.45, 2.75) is 51.1 Å². The maximum Gasteiger partial charge on any atom is 0.221 e. The number of amides is 2. The predicted molar refractivity (Wildman–Crippen MR) is 96.5 cm³/mol. The fraction of sp³-hybridized carbons (Fsp3) is 0.579. The second kappa shape index (κ2) is 8.34. The van der Waals surface area contributed by atoms with Gasteiger partial charge in [0, 0.05) is 37.2 Å². The number of carbonyl (C=O) groups excluding carboxylic acids is 2. The Bertz CT molecular complexity index is 608. The van der Waals surface area contributed by atoms with Gasteiger partial charge < -0.3 is 20.7 Å². The lowest BCUT2D eigenvalue weighted by Gasteiger charge is -2.28. The standard InChI is InChI=1S/C19H27N3O3/c1-13(23)21-15-3-2-4-18(12-15)25-8-7-20-19(24)11-14-9-16-5-6-17(10-14)22-16/h2-4,12,14,16-17,22H,5-11H2,1H3,(H,20,24)(H,21,23). The van der Waals surface area contributed by atoms with Crippen LogP contribution in [0.2, 0.25) is 0 Å². The maximum atomic E-state index is 12.1. The minimum Gasteiger partial charge on any atom is -0.492 e. The number of rotatable bonds is 7. The molecule has 2 bridgehead atoms. The third-order valence-corrected chi connectivity index (χ3v) is 4.89. The first-order chi connectivity index (χ1) is 12.1. The first-order valence-corrected chi connectivity index (χ1v) is 9.11. The molecule has 0 radical (unpaired) electrons. The molecule has 2 atom stereocenters. The molecule has 0 spiro atoms. The van der Waals surface area contributed by atoms with Gasteiger partial charge >= 0.3 is 0 Å². The van der Waals surface area contributed by atoms with E-state index in [1.54, 1.807) is 6.07 Å². The summed E-state index contributed by atoms with van der Waals surface area (Å²) in [6, 6.07) is 8.48. The molecule has 2 aliphatic heterocycles. The molecule has 6 nitrogen and oxygen atoms in total. The van der Waals surface area contributed by atoms with Crippen molar-refractivity contribution in [2.75, 3.05) is 18.5 Å². The van der Waals surface area contributed by atoms with E-state index in [1.165, 1.54) is 19.8 Å². The van der Waals surface area contributed by atoms with Crippen LogP contribution in [0.4, 0.5) is 5.69 Å². The van der Waals surface area contributed by atoms with Crippen LogP contribution in [-0.4, -0.2) is 37.0 Å². The van der Waals surface area contributed by atoms with Crippen LogP contribution in [-0.2, 0) is 9.59 Å². The molecule has 2 saturated heterocycles. The minimum absolute atomic E-state index is 0.113. The van der Waals surface area contributed by atoms with Gasteiger partial charge in [-0.05, 0) is 43.7 Å². The maximum absolute atomic E-state index is 12.1. The number of hydrogen-bond donors (Lipinski definition) is 3. The Morgan fingerprint density at radius 1 is 1.24 bits per heavy atom. The van der Waals surface area contributed by atoms with Gasteiger partial charge in [-0.3, -0.25) is 9.59 Å². The van der Waals surface area contributed by atoms with Crippen LogP contribution in [0.5, 0.6) is 5.75 Å². The molecule has 1 aromatic rings. The SMILES string of the molecule is CC(=O)Nc1cccc(OCCNC(=O)CC2CC3CCC(C2)N3)c1. The van der Waals surface area contributed by atoms with Crippen molar-refractivity contribution < 1.29 is 14.3 Å². The molecule has 1 aromatic carbocycles. The van der Waals surface area contributed by atoms with E-state index >= 15 is 0 Å². The molecular formula is C19H27N3O3. The molecule has 2 fully saturated rings. The summed E-state index contributed by atoms with van der Waals surface area (Å²) in [5.41, 5.74) is 0.703. The third kappa shape index (κ3) is 5.46. The van der Waals surface area contributed by atoms with E-state index in [1.807, 2.05) is 18.2 Å². The summed E-state index contributed by atoms with van der Waals surface area (Å²) in [6.45, 7) is 2.37. The molecular weight excluding hydrogens is 318 g/mol. The number of nitrogens with one attached hydrogen (secondary N) is 3. The summed E-state index contributed by atoms with van der Waals surface area (Å²) in [4.78, 5) is 23.2. The Hall–Kier alpha value is -2.08. The monoisotopic (exact) mass is 345 g/mol. The largest absolute Gasteiger partial charge is 0.492 e. The van der Waals surface area contributed by atoms with Gasteiger partial charge in [-0.1, -0.05) is 6.07 Å². The molecule has 0 aliphatic carbocycles. The summed E-state index contributed by atoms with van der Waals surface area (Å²) >= 11 is 0. The highest BCUT2D eigenvalue weighted by Gasteiger charge is 2.34. The average molecular weight is 345 g/mol. The zero-order valence-corrected chi connectivity index (χ0v) is 14.7. The van der Waals surface area contributed by atoms with Gasteiger partial charge in [0.2, 0.25) is 11.8 Å². The lowest BCUT2D eigenvalue weighted by Crippen LogP contribution is -2.40. The van der Waals surface area contributed by atoms with Gasteiger partial charge in [-0.2, -0.15) is 0 Å². The molecule has 25 heavy (non-hydrogen) atoms. The number of fused-ring (bicyclic) bond motifs is 2. The average Bonchev–Trinajstić information content (AvgIpc) is 2.90. The zero-order valence-electron chi connectivity index (χ0n) is 14.7. The summed E-state index contributed by atoms with van der Waals surface area (Å²) in [5.74, 6) is 1.18. The van der Waals surface area contributed by atoms with Gasteiger partial charge in [0.15, 0.2) is 0 Å². The van der Waals surface area contributed by atoms with E-state index in [2.05, 4.69) is 16.0 Å². The summed E-state index contributed by atoms with van der Waals surface area (Å²) < 4.78 is 5.64. The Kier molecular flexibility index (Phi) is 5.91. The second-order valence-electron chi connectivity index (χ2n) is 7.09. The molecule has 2 heterocycles. The van der Waals surface area contributed by atoms with E-state index in [4.69, 9.17) is 4.74 Å². The number of piperidine rings is 1. The molecule has 3 N–H and O–H groups in total. The highest BCUT2D eigenvalue weighted by atomic mass is 16.5. The minimum atomic E-state index is -0.115. The molecule has 0 saturated carbocycles. The van der Waals surface area contributed by atoms with Gasteiger partial charge in [0.05, 0.1) is 6.54 Å². The Balaban J connectivity index is 1.34. The second-order valence-corrected chi connectivity index (χ2v) is 7.09. The number of ether oxygens (including phenoxy) is 1. The first kappa shape index (κ1) is 17.7. The fourth-order valence-electron chi connectivity index (χ4n) is 3.90. The van der Waals surface area contributed by atoms with Crippen molar-refractivity contribution >= 4 is 17.5 Å². The van der Waals surface area contributed by atoms with Crippen LogP contribution >= 0.6 is 0 Å². The number of hydrogen-bond acceptors (Lipinski definition) is 4.